The van der Waals surface area contributed by atoms with E-state index in [-0.39, 0.29) is 43.4 Å². The van der Waals surface area contributed by atoms with Crippen LogP contribution in [0.4, 0.5) is 0 Å². The van der Waals surface area contributed by atoms with E-state index in [0.717, 1.165) is 38.5 Å². The summed E-state index contributed by atoms with van der Waals surface area (Å²) in [5.74, 6) is -0.540. The van der Waals surface area contributed by atoms with E-state index in [0.29, 0.717) is 24.3 Å². The molecule has 0 aromatic rings. The Bertz CT molecular complexity index is 293. The number of carbonyl (C=O) groups excluding carboxylic acids is 2. The molecule has 0 amide bonds. The molecule has 25 heavy (non-hydrogen) atoms. The summed E-state index contributed by atoms with van der Waals surface area (Å²) in [6, 6.07) is 0. The first-order valence-electron chi connectivity index (χ1n) is 8.21. The second-order valence-corrected chi connectivity index (χ2v) is 7.62. The zero-order valence-electron chi connectivity index (χ0n) is 14.3. The first-order valence-corrected chi connectivity index (χ1v) is 10.3. The standard InChI is InChI=1S/2C8H16O2S2.Tc/c2*9-8(10)4-2-1-3-7(12)5-6-11;/h2*7,11-12H,1-6H2,(H,9,10);/p-6. The van der Waals surface area contributed by atoms with E-state index in [1.54, 1.807) is 0 Å². The van der Waals surface area contributed by atoms with Gasteiger partial charge in [-0.1, -0.05) is 38.5 Å². The van der Waals surface area contributed by atoms with Gasteiger partial charge < -0.3 is 70.3 Å². The molecule has 0 aliphatic rings. The molecule has 0 fully saturated rings. The van der Waals surface area contributed by atoms with Crippen LogP contribution < -0.4 is 10.2 Å². The van der Waals surface area contributed by atoms with Crippen molar-refractivity contribution in [3.63, 3.8) is 0 Å². The molecule has 0 aromatic carbocycles. The van der Waals surface area contributed by atoms with Crippen molar-refractivity contribution >= 4 is 62.5 Å². The van der Waals surface area contributed by atoms with Gasteiger partial charge in [-0.25, -0.2) is 0 Å². The minimum Gasteiger partial charge on any atom is -0.793 e. The number of unbranched alkanes of at least 4 members (excludes halogenated alkanes) is 2. The molecule has 2 unspecified atom stereocenters. The molecule has 0 bridgehead atoms. The van der Waals surface area contributed by atoms with Crippen LogP contribution in [0.15, 0.2) is 0 Å². The third-order valence-electron chi connectivity index (χ3n) is 3.19. The Balaban J connectivity index is -0.000000372. The Hall–Kier alpha value is 0.989. The van der Waals surface area contributed by atoms with Crippen molar-refractivity contribution < 1.29 is 39.9 Å². The van der Waals surface area contributed by atoms with Crippen molar-refractivity contribution in [2.75, 3.05) is 11.5 Å². The number of carboxylic acid groups (broad SMARTS) is 2. The third-order valence-corrected chi connectivity index (χ3v) is 4.61. The van der Waals surface area contributed by atoms with Crippen molar-refractivity contribution in [2.45, 2.75) is 74.7 Å². The molecular formula is C16H26O4S4Tc-6. The van der Waals surface area contributed by atoms with Gasteiger partial charge in [0.05, 0.1) is 0 Å². The van der Waals surface area contributed by atoms with Gasteiger partial charge in [-0.15, -0.1) is 0 Å². The molecule has 151 valence electrons. The van der Waals surface area contributed by atoms with Gasteiger partial charge in [-0.3, -0.25) is 0 Å². The molecule has 0 heterocycles. The van der Waals surface area contributed by atoms with Gasteiger partial charge in [0, 0.05) is 32.0 Å². The molecule has 0 spiro atoms. The summed E-state index contributed by atoms with van der Waals surface area (Å²) in [6.07, 6.45) is 6.96. The Kier molecular flexibility index (Phi) is 28.3. The smallest absolute Gasteiger partial charge is 0.0414 e. The average Bonchev–Trinajstić information content (AvgIpc) is 2.49. The van der Waals surface area contributed by atoms with Gasteiger partial charge in [0.15, 0.2) is 0 Å². The van der Waals surface area contributed by atoms with Crippen molar-refractivity contribution in [3.8, 4) is 0 Å². The Morgan fingerprint density at radius 2 is 1.00 bits per heavy atom. The van der Waals surface area contributed by atoms with Gasteiger partial charge in [0.25, 0.3) is 0 Å². The fourth-order valence-electron chi connectivity index (χ4n) is 1.83. The number of hydrogen-bond donors (Lipinski definition) is 0. The van der Waals surface area contributed by atoms with E-state index in [2.05, 4.69) is 0 Å². The van der Waals surface area contributed by atoms with Crippen LogP contribution in [0.3, 0.4) is 0 Å². The van der Waals surface area contributed by atoms with Crippen LogP contribution in [0, 0.1) is 0 Å². The monoisotopic (exact) mass is 507 g/mol. The van der Waals surface area contributed by atoms with E-state index >= 15 is 0 Å². The fraction of sp³-hybridized carbons (Fsp3) is 0.875. The summed E-state index contributed by atoms with van der Waals surface area (Å²) in [5.41, 5.74) is 0. The summed E-state index contributed by atoms with van der Waals surface area (Å²) >= 11 is 19.7. The fourth-order valence-corrected chi connectivity index (χ4v) is 3.27. The predicted molar refractivity (Wildman–Crippen MR) is 103 cm³/mol. The van der Waals surface area contributed by atoms with Gasteiger partial charge in [-0.05, 0) is 25.7 Å². The van der Waals surface area contributed by atoms with E-state index in [1.165, 1.54) is 0 Å². The second kappa shape index (κ2) is 23.0. The van der Waals surface area contributed by atoms with Crippen LogP contribution in [0.2, 0.25) is 0 Å². The molecule has 0 aliphatic heterocycles. The Labute approximate surface area is 187 Å². The molecule has 1 radical (unpaired) electrons. The Morgan fingerprint density at radius 1 is 0.680 bits per heavy atom. The zero-order valence-corrected chi connectivity index (χ0v) is 19.4. The van der Waals surface area contributed by atoms with Crippen molar-refractivity contribution in [1.82, 2.24) is 0 Å². The minimum absolute atomic E-state index is 0. The van der Waals surface area contributed by atoms with E-state index in [4.69, 9.17) is 50.5 Å². The predicted octanol–water partition coefficient (Wildman–Crippen LogP) is 0.296. The molecular weight excluding hydrogens is 482 g/mol. The van der Waals surface area contributed by atoms with Crippen LogP contribution in [0.25, 0.3) is 0 Å². The molecule has 4 nitrogen and oxygen atoms in total. The maximum Gasteiger partial charge on any atom is 0.0414 e. The normalized spacial score (nSPS) is 12.3. The molecule has 0 saturated heterocycles. The van der Waals surface area contributed by atoms with Crippen LogP contribution in [0.1, 0.15) is 64.2 Å². The molecule has 0 aromatic heterocycles. The number of rotatable bonds is 14. The maximum absolute atomic E-state index is 10.0. The SMILES string of the molecule is O=C([O-])CCCCC([S-])CC[S-].O=C([O-])CCCCC([S-])CC[S-].[Tc]. The molecule has 2 atom stereocenters. The largest absolute Gasteiger partial charge is 0.793 e. The van der Waals surface area contributed by atoms with Gasteiger partial charge >= 0.3 is 0 Å². The minimum atomic E-state index is -0.973. The summed E-state index contributed by atoms with van der Waals surface area (Å²) < 4.78 is 0. The quantitative estimate of drug-likeness (QED) is 0.245. The summed E-state index contributed by atoms with van der Waals surface area (Å²) in [5, 5.41) is 20.5. The van der Waals surface area contributed by atoms with E-state index < -0.39 is 11.9 Å². The number of hydrogen-bond acceptors (Lipinski definition) is 8. The van der Waals surface area contributed by atoms with Crippen LogP contribution >= 0.6 is 0 Å². The summed E-state index contributed by atoms with van der Waals surface area (Å²) in [4.78, 5) is 20.0. The molecule has 0 rings (SSSR count). The molecule has 0 saturated carbocycles. The number of carbonyl (C=O) groups is 2. The summed E-state index contributed by atoms with van der Waals surface area (Å²) in [6.45, 7) is 0. The molecule has 0 aliphatic carbocycles. The second-order valence-electron chi connectivity index (χ2n) is 5.47. The maximum atomic E-state index is 10.0. The molecule has 0 N–H and O–H groups in total. The zero-order chi connectivity index (χ0) is 18.8. The van der Waals surface area contributed by atoms with Crippen LogP contribution in [-0.2, 0) is 80.2 Å². The first kappa shape index (κ1) is 30.7. The van der Waals surface area contributed by atoms with Crippen molar-refractivity contribution in [1.29, 1.82) is 0 Å². The Morgan fingerprint density at radius 3 is 1.24 bits per heavy atom. The van der Waals surface area contributed by atoms with Gasteiger partial charge in [0.2, 0.25) is 0 Å². The average molecular weight is 509 g/mol. The summed E-state index contributed by atoms with van der Waals surface area (Å²) in [7, 11) is 0. The first-order chi connectivity index (χ1) is 11.3. The van der Waals surface area contributed by atoms with E-state index in [1.807, 2.05) is 0 Å². The van der Waals surface area contributed by atoms with Gasteiger partial charge in [0.1, 0.15) is 0 Å². The van der Waals surface area contributed by atoms with Crippen molar-refractivity contribution in [3.05, 3.63) is 0 Å². The molecule has 9 heteroatoms. The topological polar surface area (TPSA) is 80.3 Å². The number of aliphatic carboxylic acids is 2. The van der Waals surface area contributed by atoms with Gasteiger partial charge in [-0.2, -0.15) is 22.0 Å². The van der Waals surface area contributed by atoms with E-state index in [9.17, 15) is 19.8 Å². The third kappa shape index (κ3) is 30.0. The van der Waals surface area contributed by atoms with Crippen LogP contribution in [-0.4, -0.2) is 33.9 Å². The van der Waals surface area contributed by atoms with Crippen LogP contribution in [0.5, 0.6) is 0 Å². The number of carboxylic acids is 2. The van der Waals surface area contributed by atoms with Crippen molar-refractivity contribution in [2.24, 2.45) is 0 Å².